The summed E-state index contributed by atoms with van der Waals surface area (Å²) in [5.41, 5.74) is 8.29. The number of hydrogen-bond acceptors (Lipinski definition) is 3. The predicted octanol–water partition coefficient (Wildman–Crippen LogP) is 3.62. The van der Waals surface area contributed by atoms with E-state index in [9.17, 15) is 0 Å². The van der Waals surface area contributed by atoms with E-state index >= 15 is 0 Å². The highest BCUT2D eigenvalue weighted by Gasteiger charge is 2.28. The first-order valence-corrected chi connectivity index (χ1v) is 8.05. The van der Waals surface area contributed by atoms with Gasteiger partial charge in [0.25, 0.3) is 0 Å². The molecule has 4 rings (SSSR count). The second kappa shape index (κ2) is 5.65. The van der Waals surface area contributed by atoms with Crippen LogP contribution in [0.5, 0.6) is 11.5 Å². The zero-order valence-electron chi connectivity index (χ0n) is 12.6. The fraction of sp³-hybridized carbons (Fsp3) is 0.368. The van der Waals surface area contributed by atoms with Crippen molar-refractivity contribution in [2.45, 2.75) is 43.9 Å². The van der Waals surface area contributed by atoms with E-state index in [1.165, 1.54) is 11.1 Å². The molecular formula is C19H21NO2. The van der Waals surface area contributed by atoms with E-state index in [2.05, 4.69) is 30.3 Å². The summed E-state index contributed by atoms with van der Waals surface area (Å²) >= 11 is 0. The SMILES string of the molecule is N[C@H]1C[C@@H](Oc2ccc3c(c2)CCC(c2ccccc2)O3)C1. The Balaban J connectivity index is 1.47. The standard InChI is InChI=1S/C19H21NO2/c20-15-11-17(12-15)21-16-7-9-19-14(10-16)6-8-18(22-19)13-4-2-1-3-5-13/h1-5,7,9-10,15,17-18H,6,8,11-12,20H2/t15-,17+,18?. The van der Waals surface area contributed by atoms with Gasteiger partial charge in [0.05, 0.1) is 0 Å². The van der Waals surface area contributed by atoms with Gasteiger partial charge in [-0.15, -0.1) is 0 Å². The van der Waals surface area contributed by atoms with E-state index in [1.54, 1.807) is 0 Å². The zero-order valence-corrected chi connectivity index (χ0v) is 12.6. The monoisotopic (exact) mass is 295 g/mol. The highest BCUT2D eigenvalue weighted by Crippen LogP contribution is 2.37. The van der Waals surface area contributed by atoms with Crippen LogP contribution in [0.1, 0.15) is 36.5 Å². The van der Waals surface area contributed by atoms with Crippen LogP contribution in [0, 0.1) is 0 Å². The van der Waals surface area contributed by atoms with Crippen molar-refractivity contribution in [3.63, 3.8) is 0 Å². The van der Waals surface area contributed by atoms with Crippen LogP contribution >= 0.6 is 0 Å². The van der Waals surface area contributed by atoms with E-state index in [0.717, 1.165) is 37.2 Å². The molecular weight excluding hydrogens is 274 g/mol. The van der Waals surface area contributed by atoms with Crippen LogP contribution in [0.15, 0.2) is 48.5 Å². The van der Waals surface area contributed by atoms with Crippen LogP contribution < -0.4 is 15.2 Å². The van der Waals surface area contributed by atoms with E-state index < -0.39 is 0 Å². The Hall–Kier alpha value is -2.00. The third-order valence-electron chi connectivity index (χ3n) is 4.58. The molecule has 1 atom stereocenters. The van der Waals surface area contributed by atoms with Crippen LogP contribution in [-0.2, 0) is 6.42 Å². The molecule has 0 spiro atoms. The summed E-state index contributed by atoms with van der Waals surface area (Å²) in [7, 11) is 0. The average molecular weight is 295 g/mol. The molecule has 0 bridgehead atoms. The van der Waals surface area contributed by atoms with Gasteiger partial charge in [-0.05, 0) is 55.0 Å². The molecule has 22 heavy (non-hydrogen) atoms. The van der Waals surface area contributed by atoms with Gasteiger partial charge in [-0.3, -0.25) is 0 Å². The lowest BCUT2D eigenvalue weighted by atomic mass is 9.90. The Bertz CT molecular complexity index is 650. The van der Waals surface area contributed by atoms with Gasteiger partial charge in [0.15, 0.2) is 0 Å². The molecule has 2 aromatic rings. The summed E-state index contributed by atoms with van der Waals surface area (Å²) in [6.07, 6.45) is 4.40. The first-order chi connectivity index (χ1) is 10.8. The Labute approximate surface area is 131 Å². The molecule has 114 valence electrons. The maximum absolute atomic E-state index is 6.16. The van der Waals surface area contributed by atoms with Crippen molar-refractivity contribution in [2.75, 3.05) is 0 Å². The smallest absolute Gasteiger partial charge is 0.124 e. The molecule has 1 heterocycles. The van der Waals surface area contributed by atoms with Gasteiger partial charge >= 0.3 is 0 Å². The molecule has 3 heteroatoms. The van der Waals surface area contributed by atoms with Crippen molar-refractivity contribution in [2.24, 2.45) is 5.73 Å². The van der Waals surface area contributed by atoms with Crippen LogP contribution in [0.4, 0.5) is 0 Å². The minimum atomic E-state index is 0.157. The number of aryl methyl sites for hydroxylation is 1. The lowest BCUT2D eigenvalue weighted by Gasteiger charge is -2.33. The maximum atomic E-state index is 6.16. The van der Waals surface area contributed by atoms with Gasteiger partial charge in [0.1, 0.15) is 23.7 Å². The molecule has 0 aromatic heterocycles. The Morgan fingerprint density at radius 2 is 1.86 bits per heavy atom. The number of nitrogens with two attached hydrogens (primary N) is 1. The number of benzene rings is 2. The summed E-state index contributed by atoms with van der Waals surface area (Å²) in [4.78, 5) is 0. The van der Waals surface area contributed by atoms with Crippen molar-refractivity contribution in [1.82, 2.24) is 0 Å². The van der Waals surface area contributed by atoms with Crippen LogP contribution in [-0.4, -0.2) is 12.1 Å². The Morgan fingerprint density at radius 3 is 2.64 bits per heavy atom. The fourth-order valence-corrected chi connectivity index (χ4v) is 3.24. The summed E-state index contributed by atoms with van der Waals surface area (Å²) in [5, 5.41) is 0. The van der Waals surface area contributed by atoms with Crippen molar-refractivity contribution in [1.29, 1.82) is 0 Å². The molecule has 2 aromatic carbocycles. The Kier molecular flexibility index (Phi) is 3.51. The van der Waals surface area contributed by atoms with Gasteiger partial charge in [0, 0.05) is 6.04 Å². The normalized spacial score (nSPS) is 26.5. The topological polar surface area (TPSA) is 44.5 Å². The third kappa shape index (κ3) is 2.69. The summed E-state index contributed by atoms with van der Waals surface area (Å²) in [6.45, 7) is 0. The molecule has 1 aliphatic heterocycles. The lowest BCUT2D eigenvalue weighted by molar-refractivity contribution is 0.100. The maximum Gasteiger partial charge on any atom is 0.124 e. The molecule has 1 fully saturated rings. The minimum Gasteiger partial charge on any atom is -0.490 e. The zero-order chi connectivity index (χ0) is 14.9. The number of ether oxygens (including phenoxy) is 2. The quantitative estimate of drug-likeness (QED) is 0.940. The van der Waals surface area contributed by atoms with Gasteiger partial charge in [-0.1, -0.05) is 30.3 Å². The molecule has 0 radical (unpaired) electrons. The third-order valence-corrected chi connectivity index (χ3v) is 4.58. The van der Waals surface area contributed by atoms with E-state index in [0.29, 0.717) is 6.04 Å². The number of hydrogen-bond donors (Lipinski definition) is 1. The molecule has 0 saturated heterocycles. The largest absolute Gasteiger partial charge is 0.490 e. The van der Waals surface area contributed by atoms with Crippen LogP contribution in [0.2, 0.25) is 0 Å². The van der Waals surface area contributed by atoms with Gasteiger partial charge in [0.2, 0.25) is 0 Å². The number of rotatable bonds is 3. The van der Waals surface area contributed by atoms with Gasteiger partial charge in [-0.25, -0.2) is 0 Å². The Morgan fingerprint density at radius 1 is 1.05 bits per heavy atom. The lowest BCUT2D eigenvalue weighted by Crippen LogP contribution is -2.43. The summed E-state index contributed by atoms with van der Waals surface area (Å²) in [6, 6.07) is 16.9. The van der Waals surface area contributed by atoms with E-state index in [1.807, 2.05) is 18.2 Å². The molecule has 1 aliphatic carbocycles. The van der Waals surface area contributed by atoms with Crippen molar-refractivity contribution in [3.8, 4) is 11.5 Å². The molecule has 3 nitrogen and oxygen atoms in total. The second-order valence-corrected chi connectivity index (χ2v) is 6.30. The molecule has 0 amide bonds. The van der Waals surface area contributed by atoms with Crippen LogP contribution in [0.3, 0.4) is 0 Å². The summed E-state index contributed by atoms with van der Waals surface area (Å²) < 4.78 is 12.1. The highest BCUT2D eigenvalue weighted by molar-refractivity contribution is 5.42. The molecule has 1 unspecified atom stereocenters. The van der Waals surface area contributed by atoms with Crippen molar-refractivity contribution < 1.29 is 9.47 Å². The van der Waals surface area contributed by atoms with Gasteiger partial charge < -0.3 is 15.2 Å². The molecule has 1 saturated carbocycles. The van der Waals surface area contributed by atoms with E-state index in [-0.39, 0.29) is 12.2 Å². The highest BCUT2D eigenvalue weighted by atomic mass is 16.5. The first-order valence-electron chi connectivity index (χ1n) is 8.05. The van der Waals surface area contributed by atoms with Crippen molar-refractivity contribution >= 4 is 0 Å². The van der Waals surface area contributed by atoms with Crippen LogP contribution in [0.25, 0.3) is 0 Å². The van der Waals surface area contributed by atoms with Gasteiger partial charge in [-0.2, -0.15) is 0 Å². The minimum absolute atomic E-state index is 0.157. The van der Waals surface area contributed by atoms with E-state index in [4.69, 9.17) is 15.2 Å². The average Bonchev–Trinajstić information content (AvgIpc) is 2.54. The molecule has 2 aliphatic rings. The summed E-state index contributed by atoms with van der Waals surface area (Å²) in [5.74, 6) is 1.93. The second-order valence-electron chi connectivity index (χ2n) is 6.30. The fourth-order valence-electron chi connectivity index (χ4n) is 3.24. The molecule has 2 N–H and O–H groups in total. The first kappa shape index (κ1) is 13.6. The predicted molar refractivity (Wildman–Crippen MR) is 86.2 cm³/mol. The van der Waals surface area contributed by atoms with Crippen molar-refractivity contribution in [3.05, 3.63) is 59.7 Å². The number of fused-ring (bicyclic) bond motifs is 1.